The molecular formula is C25H21NO4S. The van der Waals surface area contributed by atoms with Crippen molar-refractivity contribution in [2.75, 3.05) is 13.2 Å². The van der Waals surface area contributed by atoms with E-state index in [2.05, 4.69) is 0 Å². The molecule has 0 spiro atoms. The number of benzene rings is 3. The molecule has 1 N–H and O–H groups in total. The average Bonchev–Trinajstić information content (AvgIpc) is 3.63. The Kier molecular flexibility index (Phi) is 4.35. The summed E-state index contributed by atoms with van der Waals surface area (Å²) in [4.78, 5) is 16.6. The maximum Gasteiger partial charge on any atom is 0.226 e. The molecule has 1 fully saturated rings. The molecule has 6 rings (SSSR count). The Morgan fingerprint density at radius 3 is 2.74 bits per heavy atom. The minimum Gasteiger partial charge on any atom is -0.504 e. The van der Waals surface area contributed by atoms with Gasteiger partial charge >= 0.3 is 0 Å². The van der Waals surface area contributed by atoms with Crippen LogP contribution in [0.4, 0.5) is 0 Å². The number of rotatable bonds is 2. The first-order chi connectivity index (χ1) is 15.2. The third-order valence-corrected chi connectivity index (χ3v) is 7.02. The van der Waals surface area contributed by atoms with E-state index in [9.17, 15) is 9.90 Å². The summed E-state index contributed by atoms with van der Waals surface area (Å²) in [6, 6.07) is 17.8. The number of phenols is 1. The summed E-state index contributed by atoms with van der Waals surface area (Å²) in [5.41, 5.74) is 2.57. The molecule has 2 aliphatic heterocycles. The Hall–Kier alpha value is -3.12. The van der Waals surface area contributed by atoms with E-state index in [0.717, 1.165) is 50.8 Å². The van der Waals surface area contributed by atoms with Crippen LogP contribution >= 0.6 is 11.8 Å². The summed E-state index contributed by atoms with van der Waals surface area (Å²) in [7, 11) is 0. The first-order valence-corrected chi connectivity index (χ1v) is 11.3. The van der Waals surface area contributed by atoms with Crippen LogP contribution in [0.5, 0.6) is 23.0 Å². The fourth-order valence-electron chi connectivity index (χ4n) is 4.21. The zero-order chi connectivity index (χ0) is 20.9. The topological polar surface area (TPSA) is 59.0 Å². The number of nitrogens with zero attached hydrogens (tertiary/aromatic N) is 1. The molecule has 0 saturated heterocycles. The maximum absolute atomic E-state index is 12.7. The highest BCUT2D eigenvalue weighted by molar-refractivity contribution is 7.99. The zero-order valence-electron chi connectivity index (χ0n) is 16.8. The Morgan fingerprint density at radius 2 is 1.87 bits per heavy atom. The van der Waals surface area contributed by atoms with Gasteiger partial charge in [0, 0.05) is 23.6 Å². The molecule has 1 aliphatic carbocycles. The molecule has 0 bridgehead atoms. The van der Waals surface area contributed by atoms with Crippen molar-refractivity contribution in [2.24, 2.45) is 5.92 Å². The molecular weight excluding hydrogens is 410 g/mol. The number of hydrogen-bond donors (Lipinski definition) is 1. The van der Waals surface area contributed by atoms with Crippen molar-refractivity contribution in [3.05, 3.63) is 60.2 Å². The lowest BCUT2D eigenvalue weighted by Gasteiger charge is -2.23. The van der Waals surface area contributed by atoms with Crippen molar-refractivity contribution >= 4 is 17.7 Å². The van der Waals surface area contributed by atoms with Crippen molar-refractivity contribution in [1.29, 1.82) is 0 Å². The standard InChI is InChI=1S/C25H21NO4S/c27-19-13-16(12-17-14-26(10-11-29-23(17)19)25(28)15-8-9-15)18-4-3-7-22-24(18)30-20-5-1-2-6-21(20)31-22/h1-7,12-13,15,27H,8-11,14H2. The maximum atomic E-state index is 12.7. The molecule has 0 aromatic heterocycles. The highest BCUT2D eigenvalue weighted by atomic mass is 32.2. The smallest absolute Gasteiger partial charge is 0.226 e. The van der Waals surface area contributed by atoms with Gasteiger partial charge in [-0.1, -0.05) is 36.0 Å². The number of carbonyl (C=O) groups excluding carboxylic acids is 1. The number of aromatic hydroxyl groups is 1. The van der Waals surface area contributed by atoms with Gasteiger partial charge in [-0.3, -0.25) is 4.79 Å². The van der Waals surface area contributed by atoms with Gasteiger partial charge in [0.15, 0.2) is 11.5 Å². The summed E-state index contributed by atoms with van der Waals surface area (Å²) in [6.45, 7) is 1.37. The molecule has 0 atom stereocenters. The van der Waals surface area contributed by atoms with Gasteiger partial charge in [0.2, 0.25) is 5.91 Å². The van der Waals surface area contributed by atoms with Gasteiger partial charge in [0.25, 0.3) is 0 Å². The van der Waals surface area contributed by atoms with E-state index >= 15 is 0 Å². The van der Waals surface area contributed by atoms with Crippen LogP contribution < -0.4 is 9.47 Å². The van der Waals surface area contributed by atoms with Crippen LogP contribution in [0.25, 0.3) is 11.1 Å². The van der Waals surface area contributed by atoms with Crippen LogP contribution in [-0.2, 0) is 11.3 Å². The van der Waals surface area contributed by atoms with Gasteiger partial charge in [-0.05, 0) is 48.7 Å². The first-order valence-electron chi connectivity index (χ1n) is 10.5. The molecule has 3 aromatic rings. The van der Waals surface area contributed by atoms with E-state index in [1.807, 2.05) is 53.4 Å². The predicted molar refractivity (Wildman–Crippen MR) is 118 cm³/mol. The van der Waals surface area contributed by atoms with E-state index in [4.69, 9.17) is 9.47 Å². The lowest BCUT2D eigenvalue weighted by molar-refractivity contribution is -0.133. The van der Waals surface area contributed by atoms with Crippen LogP contribution in [0.15, 0.2) is 64.4 Å². The second-order valence-electron chi connectivity index (χ2n) is 8.15. The summed E-state index contributed by atoms with van der Waals surface area (Å²) >= 11 is 1.68. The van der Waals surface area contributed by atoms with Crippen LogP contribution in [0, 0.1) is 5.92 Å². The van der Waals surface area contributed by atoms with Crippen LogP contribution in [0.3, 0.4) is 0 Å². The van der Waals surface area contributed by atoms with Crippen molar-refractivity contribution in [3.63, 3.8) is 0 Å². The third kappa shape index (κ3) is 3.31. The molecule has 2 heterocycles. The summed E-state index contributed by atoms with van der Waals surface area (Å²) in [5, 5.41) is 10.8. The zero-order valence-corrected chi connectivity index (χ0v) is 17.7. The second-order valence-corrected chi connectivity index (χ2v) is 9.23. The second kappa shape index (κ2) is 7.24. The quantitative estimate of drug-likeness (QED) is 0.458. The van der Waals surface area contributed by atoms with E-state index in [-0.39, 0.29) is 17.6 Å². The van der Waals surface area contributed by atoms with E-state index in [1.54, 1.807) is 17.8 Å². The van der Waals surface area contributed by atoms with Gasteiger partial charge < -0.3 is 19.5 Å². The average molecular weight is 432 g/mol. The highest BCUT2D eigenvalue weighted by Gasteiger charge is 2.35. The minimum atomic E-state index is 0.0923. The molecule has 0 radical (unpaired) electrons. The third-order valence-electron chi connectivity index (χ3n) is 5.92. The largest absolute Gasteiger partial charge is 0.504 e. The first kappa shape index (κ1) is 18.6. The fraction of sp³-hybridized carbons (Fsp3) is 0.240. The van der Waals surface area contributed by atoms with E-state index in [1.165, 1.54) is 0 Å². The van der Waals surface area contributed by atoms with Gasteiger partial charge in [0.05, 0.1) is 16.3 Å². The molecule has 3 aliphatic rings. The minimum absolute atomic E-state index is 0.0923. The van der Waals surface area contributed by atoms with Gasteiger partial charge in [0.1, 0.15) is 18.1 Å². The van der Waals surface area contributed by atoms with E-state index < -0.39 is 0 Å². The molecule has 156 valence electrons. The fourth-order valence-corrected chi connectivity index (χ4v) is 5.19. The van der Waals surface area contributed by atoms with Crippen LogP contribution in [0.1, 0.15) is 18.4 Å². The van der Waals surface area contributed by atoms with Crippen LogP contribution in [0.2, 0.25) is 0 Å². The predicted octanol–water partition coefficient (Wildman–Crippen LogP) is 5.45. The Morgan fingerprint density at radius 1 is 1.03 bits per heavy atom. The lowest BCUT2D eigenvalue weighted by atomic mass is 10.00. The number of fused-ring (bicyclic) bond motifs is 3. The van der Waals surface area contributed by atoms with E-state index in [0.29, 0.717) is 25.4 Å². The van der Waals surface area contributed by atoms with Gasteiger partial charge in [-0.15, -0.1) is 0 Å². The number of hydrogen-bond acceptors (Lipinski definition) is 5. The monoisotopic (exact) mass is 431 g/mol. The SMILES string of the molecule is O=C(C1CC1)N1CCOc2c(O)cc(-c3cccc4c3Oc3ccccc3S4)cc2C1. The Bertz CT molecular complexity index is 1200. The molecule has 6 heteroatoms. The molecule has 3 aromatic carbocycles. The van der Waals surface area contributed by atoms with Crippen molar-refractivity contribution < 1.29 is 19.4 Å². The van der Waals surface area contributed by atoms with Crippen LogP contribution in [-0.4, -0.2) is 29.1 Å². The molecule has 31 heavy (non-hydrogen) atoms. The molecule has 5 nitrogen and oxygen atoms in total. The normalized spacial score (nSPS) is 16.8. The number of amides is 1. The lowest BCUT2D eigenvalue weighted by Crippen LogP contribution is -2.33. The Balaban J connectivity index is 1.40. The molecule has 1 amide bonds. The highest BCUT2D eigenvalue weighted by Crippen LogP contribution is 2.51. The number of ether oxygens (including phenoxy) is 2. The summed E-state index contributed by atoms with van der Waals surface area (Å²) < 4.78 is 12.1. The number of carbonyl (C=O) groups is 1. The van der Waals surface area contributed by atoms with Gasteiger partial charge in [-0.25, -0.2) is 0 Å². The summed E-state index contributed by atoms with van der Waals surface area (Å²) in [5.74, 6) is 2.52. The number of phenolic OH excluding ortho intramolecular Hbond substituents is 1. The Labute approximate surface area is 184 Å². The van der Waals surface area contributed by atoms with Crippen molar-refractivity contribution in [2.45, 2.75) is 29.2 Å². The molecule has 1 saturated carbocycles. The van der Waals surface area contributed by atoms with Crippen molar-refractivity contribution in [3.8, 4) is 34.1 Å². The number of para-hydroxylation sites is 2. The molecule has 0 unspecified atom stereocenters. The van der Waals surface area contributed by atoms with Crippen molar-refractivity contribution in [1.82, 2.24) is 4.90 Å². The summed E-state index contributed by atoms with van der Waals surface area (Å²) in [6.07, 6.45) is 1.95. The van der Waals surface area contributed by atoms with Gasteiger partial charge in [-0.2, -0.15) is 0 Å².